The Morgan fingerprint density at radius 3 is 2.79 bits per heavy atom. The molecule has 122 valence electrons. The van der Waals surface area contributed by atoms with Crippen molar-refractivity contribution in [3.8, 4) is 5.88 Å². The van der Waals surface area contributed by atoms with Gasteiger partial charge in [0, 0.05) is 16.9 Å². The first kappa shape index (κ1) is 15.8. The largest absolute Gasteiger partial charge is 0.480 e. The van der Waals surface area contributed by atoms with Crippen molar-refractivity contribution in [1.29, 1.82) is 0 Å². The maximum Gasteiger partial charge on any atom is 0.237 e. The summed E-state index contributed by atoms with van der Waals surface area (Å²) in [6.07, 6.45) is 3.16. The molecular formula is C16H15ClN6O. The van der Waals surface area contributed by atoms with Gasteiger partial charge in [-0.25, -0.2) is 9.97 Å². The molecule has 1 aromatic carbocycles. The van der Waals surface area contributed by atoms with Crippen LogP contribution in [0.4, 0.5) is 28.8 Å². The minimum atomic E-state index is 0.361. The van der Waals surface area contributed by atoms with Crippen molar-refractivity contribution in [2.75, 3.05) is 23.5 Å². The second kappa shape index (κ2) is 7.01. The number of nitrogens with two attached hydrogens (primary N) is 1. The first-order valence-corrected chi connectivity index (χ1v) is 7.44. The number of methoxy groups -OCH3 is 1. The van der Waals surface area contributed by atoms with Crippen LogP contribution >= 0.6 is 11.6 Å². The highest BCUT2D eigenvalue weighted by atomic mass is 35.5. The number of benzene rings is 1. The third kappa shape index (κ3) is 3.64. The van der Waals surface area contributed by atoms with E-state index in [2.05, 4.69) is 25.6 Å². The van der Waals surface area contributed by atoms with E-state index in [-0.39, 0.29) is 0 Å². The number of aromatic nitrogens is 3. The molecule has 0 atom stereocenters. The Bertz CT molecular complexity index is 857. The molecule has 8 heteroatoms. The molecule has 24 heavy (non-hydrogen) atoms. The Balaban J connectivity index is 1.86. The van der Waals surface area contributed by atoms with Gasteiger partial charge in [-0.3, -0.25) is 0 Å². The van der Waals surface area contributed by atoms with Crippen molar-refractivity contribution in [2.24, 2.45) is 0 Å². The van der Waals surface area contributed by atoms with Crippen LogP contribution in [0, 0.1) is 0 Å². The molecule has 0 aliphatic carbocycles. The predicted octanol–water partition coefficient (Wildman–Crippen LogP) is 3.60. The minimum Gasteiger partial charge on any atom is -0.480 e. The van der Waals surface area contributed by atoms with E-state index in [1.807, 2.05) is 18.2 Å². The summed E-state index contributed by atoms with van der Waals surface area (Å²) < 4.78 is 5.20. The number of nitrogen functional groups attached to an aromatic ring is 1. The highest BCUT2D eigenvalue weighted by molar-refractivity contribution is 6.30. The monoisotopic (exact) mass is 342 g/mol. The van der Waals surface area contributed by atoms with Gasteiger partial charge >= 0.3 is 0 Å². The van der Waals surface area contributed by atoms with Gasteiger partial charge in [0.25, 0.3) is 0 Å². The molecule has 3 aromatic rings. The van der Waals surface area contributed by atoms with E-state index < -0.39 is 0 Å². The fourth-order valence-corrected chi connectivity index (χ4v) is 2.21. The van der Waals surface area contributed by atoms with Crippen LogP contribution in [-0.4, -0.2) is 22.1 Å². The van der Waals surface area contributed by atoms with Crippen LogP contribution < -0.4 is 21.1 Å². The van der Waals surface area contributed by atoms with Crippen LogP contribution in [0.3, 0.4) is 0 Å². The van der Waals surface area contributed by atoms with Crippen LogP contribution in [0.5, 0.6) is 5.88 Å². The molecule has 0 aliphatic heterocycles. The van der Waals surface area contributed by atoms with E-state index in [1.165, 1.54) is 6.20 Å². The molecule has 0 fully saturated rings. The second-order valence-corrected chi connectivity index (χ2v) is 5.25. The number of rotatable bonds is 5. The highest BCUT2D eigenvalue weighted by Crippen LogP contribution is 2.26. The van der Waals surface area contributed by atoms with Crippen LogP contribution in [0.1, 0.15) is 0 Å². The fourth-order valence-electron chi connectivity index (χ4n) is 2.02. The van der Waals surface area contributed by atoms with Gasteiger partial charge < -0.3 is 21.1 Å². The van der Waals surface area contributed by atoms with Crippen molar-refractivity contribution in [1.82, 2.24) is 15.0 Å². The Morgan fingerprint density at radius 2 is 2.00 bits per heavy atom. The molecule has 4 N–H and O–H groups in total. The lowest BCUT2D eigenvalue weighted by Gasteiger charge is -2.12. The lowest BCUT2D eigenvalue weighted by atomic mass is 10.3. The summed E-state index contributed by atoms with van der Waals surface area (Å²) in [6.45, 7) is 0. The molecule has 0 spiro atoms. The zero-order chi connectivity index (χ0) is 16.9. The van der Waals surface area contributed by atoms with E-state index in [4.69, 9.17) is 22.1 Å². The summed E-state index contributed by atoms with van der Waals surface area (Å²) in [5.41, 5.74) is 7.78. The smallest absolute Gasteiger partial charge is 0.237 e. The van der Waals surface area contributed by atoms with Crippen molar-refractivity contribution in [2.45, 2.75) is 0 Å². The van der Waals surface area contributed by atoms with Gasteiger partial charge in [-0.2, -0.15) is 4.98 Å². The molecule has 0 unspecified atom stereocenters. The molecule has 0 aliphatic rings. The third-order valence-corrected chi connectivity index (χ3v) is 3.35. The van der Waals surface area contributed by atoms with E-state index >= 15 is 0 Å². The van der Waals surface area contributed by atoms with Crippen molar-refractivity contribution < 1.29 is 4.74 Å². The maximum atomic E-state index is 5.99. The van der Waals surface area contributed by atoms with Gasteiger partial charge in [0.1, 0.15) is 5.69 Å². The lowest BCUT2D eigenvalue weighted by Crippen LogP contribution is -2.05. The predicted molar refractivity (Wildman–Crippen MR) is 95.3 cm³/mol. The van der Waals surface area contributed by atoms with Gasteiger partial charge in [-0.15, -0.1) is 0 Å². The van der Waals surface area contributed by atoms with Gasteiger partial charge in [-0.1, -0.05) is 17.7 Å². The Hall–Kier alpha value is -3.06. The van der Waals surface area contributed by atoms with Crippen LogP contribution in [0.15, 0.2) is 48.8 Å². The quantitative estimate of drug-likeness (QED) is 0.651. The molecule has 0 saturated carbocycles. The van der Waals surface area contributed by atoms with Crippen molar-refractivity contribution in [3.05, 3.63) is 53.8 Å². The number of nitrogens with zero attached hydrogens (tertiary/aromatic N) is 3. The van der Waals surface area contributed by atoms with Crippen LogP contribution in [0.2, 0.25) is 5.02 Å². The number of hydrogen-bond donors (Lipinski definition) is 3. The van der Waals surface area contributed by atoms with Crippen molar-refractivity contribution >= 4 is 40.4 Å². The van der Waals surface area contributed by atoms with Crippen LogP contribution in [0.25, 0.3) is 0 Å². The van der Waals surface area contributed by atoms with E-state index in [1.54, 1.807) is 31.5 Å². The Labute approximate surface area is 143 Å². The summed E-state index contributed by atoms with van der Waals surface area (Å²) in [6, 6.07) is 10.9. The molecule has 0 bridgehead atoms. The molecule has 0 radical (unpaired) electrons. The molecule has 3 rings (SSSR count). The van der Waals surface area contributed by atoms with E-state index in [9.17, 15) is 0 Å². The maximum absolute atomic E-state index is 5.99. The minimum absolute atomic E-state index is 0.361. The van der Waals surface area contributed by atoms with E-state index in [0.29, 0.717) is 34.0 Å². The van der Waals surface area contributed by atoms with Gasteiger partial charge in [0.15, 0.2) is 5.82 Å². The number of nitrogens with one attached hydrogen (secondary N) is 2. The molecule has 0 amide bonds. The molecular weight excluding hydrogens is 328 g/mol. The number of anilines is 5. The normalized spacial score (nSPS) is 10.2. The second-order valence-electron chi connectivity index (χ2n) is 4.82. The topological polar surface area (TPSA) is 98.0 Å². The summed E-state index contributed by atoms with van der Waals surface area (Å²) in [4.78, 5) is 12.7. The van der Waals surface area contributed by atoms with Gasteiger partial charge in [-0.05, 0) is 30.3 Å². The number of pyridine rings is 1. The first-order valence-electron chi connectivity index (χ1n) is 7.07. The SMILES string of the molecule is COc1ncccc1Nc1ncc(N)c(Nc2cccc(Cl)c2)n1. The fraction of sp³-hybridized carbons (Fsp3) is 0.0625. The zero-order valence-electron chi connectivity index (χ0n) is 12.8. The standard InChI is InChI=1S/C16H15ClN6O/c1-24-15-13(6-3-7-19-15)22-16-20-9-12(18)14(23-16)21-11-5-2-4-10(17)8-11/h2-9H,18H2,1H3,(H2,20,21,22,23). The third-order valence-electron chi connectivity index (χ3n) is 3.12. The van der Waals surface area contributed by atoms with E-state index in [0.717, 1.165) is 5.69 Å². The summed E-state index contributed by atoms with van der Waals surface area (Å²) in [5.74, 6) is 1.28. The number of halogens is 1. The van der Waals surface area contributed by atoms with Gasteiger partial charge in [0.2, 0.25) is 11.8 Å². The number of hydrogen-bond acceptors (Lipinski definition) is 7. The molecule has 2 aromatic heterocycles. The average molecular weight is 343 g/mol. The Morgan fingerprint density at radius 1 is 1.12 bits per heavy atom. The number of ether oxygens (including phenoxy) is 1. The first-order chi connectivity index (χ1) is 11.7. The average Bonchev–Trinajstić information content (AvgIpc) is 2.58. The summed E-state index contributed by atoms with van der Waals surface area (Å²) in [7, 11) is 1.55. The Kier molecular flexibility index (Phi) is 4.62. The lowest BCUT2D eigenvalue weighted by molar-refractivity contribution is 0.400. The van der Waals surface area contributed by atoms with Crippen molar-refractivity contribution in [3.63, 3.8) is 0 Å². The van der Waals surface area contributed by atoms with Gasteiger partial charge in [0.05, 0.1) is 19.0 Å². The summed E-state index contributed by atoms with van der Waals surface area (Å²) >= 11 is 5.99. The zero-order valence-corrected chi connectivity index (χ0v) is 13.6. The summed E-state index contributed by atoms with van der Waals surface area (Å²) in [5, 5.41) is 6.79. The molecule has 0 saturated heterocycles. The molecule has 2 heterocycles. The molecule has 7 nitrogen and oxygen atoms in total. The highest BCUT2D eigenvalue weighted by Gasteiger charge is 2.09. The van der Waals surface area contributed by atoms with Crippen LogP contribution in [-0.2, 0) is 0 Å².